The Labute approximate surface area is 118 Å². The van der Waals surface area contributed by atoms with E-state index < -0.39 is 0 Å². The quantitative estimate of drug-likeness (QED) is 0.784. The van der Waals surface area contributed by atoms with Crippen LogP contribution in [0.2, 0.25) is 0 Å². The molecule has 0 aliphatic carbocycles. The Morgan fingerprint density at radius 1 is 0.950 bits per heavy atom. The molecule has 2 amide bonds. The van der Waals surface area contributed by atoms with Crippen molar-refractivity contribution in [2.75, 3.05) is 10.6 Å². The lowest BCUT2D eigenvalue weighted by Gasteiger charge is -2.08. The van der Waals surface area contributed by atoms with Crippen LogP contribution < -0.4 is 10.6 Å². The fourth-order valence-electron chi connectivity index (χ4n) is 1.65. The molecule has 0 aliphatic rings. The van der Waals surface area contributed by atoms with E-state index in [4.69, 9.17) is 0 Å². The maximum atomic E-state index is 11.6. The van der Waals surface area contributed by atoms with Gasteiger partial charge in [0.1, 0.15) is 5.78 Å². The third kappa shape index (κ3) is 6.13. The molecule has 0 aliphatic heterocycles. The molecule has 5 heteroatoms. The zero-order valence-electron chi connectivity index (χ0n) is 12.0. The van der Waals surface area contributed by atoms with E-state index >= 15 is 0 Å². The lowest BCUT2D eigenvalue weighted by atomic mass is 10.1. The number of carbonyl (C=O) groups is 3. The zero-order chi connectivity index (χ0) is 15.1. The Kier molecular flexibility index (Phi) is 5.90. The molecule has 1 aromatic rings. The average molecular weight is 276 g/mol. The van der Waals surface area contributed by atoms with Crippen molar-refractivity contribution in [3.05, 3.63) is 24.3 Å². The molecule has 0 radical (unpaired) electrons. The van der Waals surface area contributed by atoms with Gasteiger partial charge in [0, 0.05) is 17.8 Å². The fourth-order valence-corrected chi connectivity index (χ4v) is 1.65. The molecule has 108 valence electrons. The van der Waals surface area contributed by atoms with Gasteiger partial charge in [0.05, 0.1) is 6.42 Å². The van der Waals surface area contributed by atoms with Crippen molar-refractivity contribution in [3.8, 4) is 0 Å². The van der Waals surface area contributed by atoms with Gasteiger partial charge in [0.2, 0.25) is 11.8 Å². The van der Waals surface area contributed by atoms with Gasteiger partial charge in [0.15, 0.2) is 0 Å². The van der Waals surface area contributed by atoms with Crippen LogP contribution in [0, 0.1) is 5.92 Å². The number of ketones is 1. The van der Waals surface area contributed by atoms with Gasteiger partial charge in [-0.25, -0.2) is 0 Å². The van der Waals surface area contributed by atoms with Crippen molar-refractivity contribution in [1.29, 1.82) is 0 Å². The second-order valence-corrected chi connectivity index (χ2v) is 5.15. The Bertz CT molecular complexity index is 492. The third-order valence-electron chi connectivity index (χ3n) is 2.46. The van der Waals surface area contributed by atoms with Crippen molar-refractivity contribution in [1.82, 2.24) is 0 Å². The van der Waals surface area contributed by atoms with E-state index in [1.807, 2.05) is 13.8 Å². The average Bonchev–Trinajstić information content (AvgIpc) is 2.29. The highest BCUT2D eigenvalue weighted by molar-refractivity contribution is 6.03. The van der Waals surface area contributed by atoms with E-state index in [2.05, 4.69) is 10.6 Å². The Morgan fingerprint density at radius 3 is 1.80 bits per heavy atom. The van der Waals surface area contributed by atoms with E-state index in [0.29, 0.717) is 23.7 Å². The minimum absolute atomic E-state index is 0.0339. The van der Waals surface area contributed by atoms with Crippen molar-refractivity contribution in [3.63, 3.8) is 0 Å². The van der Waals surface area contributed by atoms with E-state index in [9.17, 15) is 14.4 Å². The predicted octanol–water partition coefficient (Wildman–Crippen LogP) is 2.59. The standard InChI is InChI=1S/C15H20N2O3/c1-10(2)8-14(19)16-12-4-6-13(7-5-12)17-15(20)9-11(3)18/h4-7,10H,8-9H2,1-3H3,(H,16,19)(H,17,20). The van der Waals surface area contributed by atoms with Gasteiger partial charge in [-0.05, 0) is 37.1 Å². The molecule has 0 unspecified atom stereocenters. The van der Waals surface area contributed by atoms with E-state index in [0.717, 1.165) is 0 Å². The first-order chi connectivity index (χ1) is 9.36. The number of hydrogen-bond donors (Lipinski definition) is 2. The smallest absolute Gasteiger partial charge is 0.231 e. The normalized spacial score (nSPS) is 10.2. The Hall–Kier alpha value is -2.17. The summed E-state index contributed by atoms with van der Waals surface area (Å²) in [5, 5.41) is 5.39. The Morgan fingerprint density at radius 2 is 1.40 bits per heavy atom. The van der Waals surface area contributed by atoms with Crippen molar-refractivity contribution >= 4 is 29.0 Å². The van der Waals surface area contributed by atoms with Crippen molar-refractivity contribution in [2.24, 2.45) is 5.92 Å². The molecule has 0 bridgehead atoms. The van der Waals surface area contributed by atoms with Crippen LogP contribution in [-0.4, -0.2) is 17.6 Å². The van der Waals surface area contributed by atoms with E-state index in [-0.39, 0.29) is 24.0 Å². The minimum Gasteiger partial charge on any atom is -0.326 e. The number of nitrogens with one attached hydrogen (secondary N) is 2. The van der Waals surface area contributed by atoms with Crippen LogP contribution in [0.25, 0.3) is 0 Å². The second-order valence-electron chi connectivity index (χ2n) is 5.15. The van der Waals surface area contributed by atoms with Crippen LogP contribution in [0.5, 0.6) is 0 Å². The number of anilines is 2. The maximum absolute atomic E-state index is 11.6. The lowest BCUT2D eigenvalue weighted by Crippen LogP contribution is -2.15. The van der Waals surface area contributed by atoms with Gasteiger partial charge >= 0.3 is 0 Å². The molecule has 2 N–H and O–H groups in total. The highest BCUT2D eigenvalue weighted by Gasteiger charge is 2.07. The highest BCUT2D eigenvalue weighted by Crippen LogP contribution is 2.14. The summed E-state index contributed by atoms with van der Waals surface area (Å²) < 4.78 is 0. The first kappa shape index (κ1) is 15.9. The lowest BCUT2D eigenvalue weighted by molar-refractivity contribution is -0.124. The second kappa shape index (κ2) is 7.43. The van der Waals surface area contributed by atoms with Crippen LogP contribution in [0.3, 0.4) is 0 Å². The molecule has 20 heavy (non-hydrogen) atoms. The summed E-state index contributed by atoms with van der Waals surface area (Å²) in [7, 11) is 0. The molecule has 0 saturated heterocycles. The molecular formula is C15H20N2O3. The summed E-state index contributed by atoms with van der Waals surface area (Å²) in [5.41, 5.74) is 1.28. The Balaban J connectivity index is 2.54. The number of hydrogen-bond acceptors (Lipinski definition) is 3. The van der Waals surface area contributed by atoms with Gasteiger partial charge in [-0.3, -0.25) is 14.4 Å². The van der Waals surface area contributed by atoms with Crippen LogP contribution in [0.4, 0.5) is 11.4 Å². The predicted molar refractivity (Wildman–Crippen MR) is 78.5 cm³/mol. The summed E-state index contributed by atoms with van der Waals surface area (Å²) in [4.78, 5) is 33.8. The zero-order valence-corrected chi connectivity index (χ0v) is 12.0. The molecule has 0 atom stereocenters. The van der Waals surface area contributed by atoms with Crippen LogP contribution in [0.1, 0.15) is 33.6 Å². The van der Waals surface area contributed by atoms with Gasteiger partial charge in [-0.2, -0.15) is 0 Å². The molecule has 0 saturated carbocycles. The summed E-state index contributed by atoms with van der Waals surface area (Å²) in [5.74, 6) is -0.248. The summed E-state index contributed by atoms with van der Waals surface area (Å²) >= 11 is 0. The number of amides is 2. The molecule has 5 nitrogen and oxygen atoms in total. The fraction of sp³-hybridized carbons (Fsp3) is 0.400. The van der Waals surface area contributed by atoms with Gasteiger partial charge < -0.3 is 10.6 Å². The largest absolute Gasteiger partial charge is 0.326 e. The number of benzene rings is 1. The number of rotatable bonds is 6. The monoisotopic (exact) mass is 276 g/mol. The molecule has 0 heterocycles. The molecule has 1 aromatic carbocycles. The van der Waals surface area contributed by atoms with Gasteiger partial charge in [-0.15, -0.1) is 0 Å². The summed E-state index contributed by atoms with van der Waals surface area (Å²) in [6.45, 7) is 5.33. The summed E-state index contributed by atoms with van der Waals surface area (Å²) in [6, 6.07) is 6.79. The molecular weight excluding hydrogens is 256 g/mol. The van der Waals surface area contributed by atoms with Crippen LogP contribution in [-0.2, 0) is 14.4 Å². The summed E-state index contributed by atoms with van der Waals surface area (Å²) in [6.07, 6.45) is 0.337. The van der Waals surface area contributed by atoms with Crippen molar-refractivity contribution in [2.45, 2.75) is 33.6 Å². The first-order valence-electron chi connectivity index (χ1n) is 6.56. The molecule has 0 aromatic heterocycles. The van der Waals surface area contributed by atoms with Gasteiger partial charge in [-0.1, -0.05) is 13.8 Å². The highest BCUT2D eigenvalue weighted by atomic mass is 16.2. The minimum atomic E-state index is -0.339. The van der Waals surface area contributed by atoms with Crippen LogP contribution in [0.15, 0.2) is 24.3 Å². The van der Waals surface area contributed by atoms with Crippen molar-refractivity contribution < 1.29 is 14.4 Å². The maximum Gasteiger partial charge on any atom is 0.231 e. The van der Waals surface area contributed by atoms with Gasteiger partial charge in [0.25, 0.3) is 0 Å². The van der Waals surface area contributed by atoms with Crippen LogP contribution >= 0.6 is 0 Å². The molecule has 0 fully saturated rings. The topological polar surface area (TPSA) is 75.3 Å². The molecule has 0 spiro atoms. The van der Waals surface area contributed by atoms with E-state index in [1.54, 1.807) is 24.3 Å². The first-order valence-corrected chi connectivity index (χ1v) is 6.56. The number of Topliss-reactive ketones (excluding diaryl/α,β-unsaturated/α-hetero) is 1. The number of carbonyl (C=O) groups excluding carboxylic acids is 3. The molecule has 1 rings (SSSR count). The van der Waals surface area contributed by atoms with E-state index in [1.165, 1.54) is 6.92 Å². The SMILES string of the molecule is CC(=O)CC(=O)Nc1ccc(NC(=O)CC(C)C)cc1. The third-order valence-corrected chi connectivity index (χ3v) is 2.46.